The standard InChI is InChI=1S/C23H12Br3FINO3/c24-16-10-14(3-6-19(16)28)22-29-20(23(30)32-22)9-13-7-17(25)21(18(26)8-13)31-11-12-1-4-15(27)5-2-12/h1-10H,11H2/b20-9-. The van der Waals surface area contributed by atoms with Crippen LogP contribution in [0.1, 0.15) is 16.7 Å². The average molecular weight is 736 g/mol. The van der Waals surface area contributed by atoms with Crippen molar-refractivity contribution in [2.24, 2.45) is 4.99 Å². The zero-order chi connectivity index (χ0) is 22.8. The Bertz CT molecular complexity index is 1250. The first-order chi connectivity index (χ1) is 15.3. The number of ether oxygens (including phenoxy) is 2. The molecule has 32 heavy (non-hydrogen) atoms. The topological polar surface area (TPSA) is 47.9 Å². The lowest BCUT2D eigenvalue weighted by Gasteiger charge is -2.11. The Morgan fingerprint density at radius 2 is 1.69 bits per heavy atom. The molecule has 0 radical (unpaired) electrons. The van der Waals surface area contributed by atoms with Gasteiger partial charge in [0.15, 0.2) is 5.70 Å². The van der Waals surface area contributed by atoms with Gasteiger partial charge in [-0.2, -0.15) is 0 Å². The molecule has 0 aliphatic carbocycles. The molecule has 0 unspecified atom stereocenters. The molecule has 0 fully saturated rings. The summed E-state index contributed by atoms with van der Waals surface area (Å²) in [5.41, 5.74) is 2.49. The second kappa shape index (κ2) is 10.1. The van der Waals surface area contributed by atoms with E-state index in [4.69, 9.17) is 9.47 Å². The number of benzene rings is 3. The van der Waals surface area contributed by atoms with E-state index < -0.39 is 5.97 Å². The zero-order valence-corrected chi connectivity index (χ0v) is 23.0. The summed E-state index contributed by atoms with van der Waals surface area (Å²) >= 11 is 12.7. The van der Waals surface area contributed by atoms with Crippen molar-refractivity contribution in [2.75, 3.05) is 0 Å². The SMILES string of the molecule is O=C1OC(c2ccc(I)c(Br)c2)=N/C1=C\c1cc(Br)c(OCc2ccc(F)cc2)c(Br)c1. The molecule has 1 aliphatic heterocycles. The van der Waals surface area contributed by atoms with Gasteiger partial charge in [-0.25, -0.2) is 14.2 Å². The molecule has 1 aliphatic rings. The van der Waals surface area contributed by atoms with Gasteiger partial charge in [-0.3, -0.25) is 0 Å². The Hall–Kier alpha value is -1.56. The molecule has 0 atom stereocenters. The smallest absolute Gasteiger partial charge is 0.363 e. The maximum atomic E-state index is 13.1. The second-order valence-electron chi connectivity index (χ2n) is 6.69. The number of hydrogen-bond donors (Lipinski definition) is 0. The summed E-state index contributed by atoms with van der Waals surface area (Å²) in [6.45, 7) is 0.281. The van der Waals surface area contributed by atoms with Crippen LogP contribution < -0.4 is 4.74 Å². The molecule has 3 aromatic rings. The normalized spacial score (nSPS) is 14.5. The largest absolute Gasteiger partial charge is 0.487 e. The predicted octanol–water partition coefficient (Wildman–Crippen LogP) is 7.64. The summed E-state index contributed by atoms with van der Waals surface area (Å²) in [5.74, 6) is 0.0482. The molecule has 0 N–H and O–H groups in total. The molecular formula is C23H12Br3FINO3. The van der Waals surface area contributed by atoms with Gasteiger partial charge in [-0.05, 0) is 130 Å². The number of aliphatic imine (C=N–C) groups is 1. The first-order valence-corrected chi connectivity index (χ1v) is 12.6. The summed E-state index contributed by atoms with van der Waals surface area (Å²) < 4.78 is 27.6. The highest BCUT2D eigenvalue weighted by Gasteiger charge is 2.24. The highest BCUT2D eigenvalue weighted by Crippen LogP contribution is 2.36. The van der Waals surface area contributed by atoms with Crippen molar-refractivity contribution in [1.82, 2.24) is 0 Å². The Labute approximate surface area is 222 Å². The van der Waals surface area contributed by atoms with Crippen LogP contribution in [0.15, 0.2) is 78.7 Å². The van der Waals surface area contributed by atoms with Gasteiger partial charge in [0.2, 0.25) is 5.90 Å². The highest BCUT2D eigenvalue weighted by molar-refractivity contribution is 14.1. The molecule has 0 saturated heterocycles. The van der Waals surface area contributed by atoms with Crippen molar-refractivity contribution < 1.29 is 18.7 Å². The summed E-state index contributed by atoms with van der Waals surface area (Å²) in [5, 5.41) is 0. The lowest BCUT2D eigenvalue weighted by Crippen LogP contribution is -2.05. The third-order valence-electron chi connectivity index (χ3n) is 4.41. The van der Waals surface area contributed by atoms with Crippen LogP contribution in [0, 0.1) is 9.39 Å². The van der Waals surface area contributed by atoms with E-state index in [0.29, 0.717) is 20.3 Å². The number of hydrogen-bond acceptors (Lipinski definition) is 4. The van der Waals surface area contributed by atoms with E-state index in [-0.39, 0.29) is 24.0 Å². The molecule has 9 heteroatoms. The van der Waals surface area contributed by atoms with Crippen LogP contribution in [-0.4, -0.2) is 11.9 Å². The molecule has 1 heterocycles. The lowest BCUT2D eigenvalue weighted by atomic mass is 10.2. The van der Waals surface area contributed by atoms with Crippen molar-refractivity contribution in [2.45, 2.75) is 6.61 Å². The van der Waals surface area contributed by atoms with Gasteiger partial charge in [-0.1, -0.05) is 12.1 Å². The first kappa shape index (κ1) is 23.6. The summed E-state index contributed by atoms with van der Waals surface area (Å²) in [6.07, 6.45) is 1.65. The molecule has 0 amide bonds. The minimum atomic E-state index is -0.515. The quantitative estimate of drug-likeness (QED) is 0.154. The van der Waals surface area contributed by atoms with Gasteiger partial charge >= 0.3 is 5.97 Å². The van der Waals surface area contributed by atoms with Crippen LogP contribution in [0.3, 0.4) is 0 Å². The van der Waals surface area contributed by atoms with E-state index in [9.17, 15) is 9.18 Å². The number of nitrogens with zero attached hydrogens (tertiary/aromatic N) is 1. The van der Waals surface area contributed by atoms with Gasteiger partial charge in [0.05, 0.1) is 8.95 Å². The lowest BCUT2D eigenvalue weighted by molar-refractivity contribution is -0.129. The molecule has 4 nitrogen and oxygen atoms in total. The molecule has 0 spiro atoms. The van der Waals surface area contributed by atoms with E-state index in [1.54, 1.807) is 18.2 Å². The van der Waals surface area contributed by atoms with Crippen molar-refractivity contribution in [3.63, 3.8) is 0 Å². The maximum absolute atomic E-state index is 13.1. The Kier molecular flexibility index (Phi) is 7.48. The molecular weight excluding hydrogens is 724 g/mol. The van der Waals surface area contributed by atoms with E-state index in [0.717, 1.165) is 19.2 Å². The number of carbonyl (C=O) groups is 1. The second-order valence-corrected chi connectivity index (χ2v) is 10.4. The fourth-order valence-corrected chi connectivity index (χ4v) is 5.02. The van der Waals surface area contributed by atoms with E-state index in [2.05, 4.69) is 75.4 Å². The van der Waals surface area contributed by atoms with Gasteiger partial charge in [-0.15, -0.1) is 0 Å². The molecule has 162 valence electrons. The number of esters is 1. The zero-order valence-electron chi connectivity index (χ0n) is 16.0. The molecule has 4 rings (SSSR count). The first-order valence-electron chi connectivity index (χ1n) is 9.14. The Morgan fingerprint density at radius 1 is 1.00 bits per heavy atom. The van der Waals surface area contributed by atoms with Crippen LogP contribution in [-0.2, 0) is 16.1 Å². The van der Waals surface area contributed by atoms with Crippen LogP contribution >= 0.6 is 70.4 Å². The fraction of sp³-hybridized carbons (Fsp3) is 0.0435. The van der Waals surface area contributed by atoms with Gasteiger partial charge in [0.25, 0.3) is 0 Å². The summed E-state index contributed by atoms with van der Waals surface area (Å²) in [7, 11) is 0. The molecule has 3 aromatic carbocycles. The average Bonchev–Trinajstić information content (AvgIpc) is 3.11. The van der Waals surface area contributed by atoms with Crippen molar-refractivity contribution >= 4 is 88.3 Å². The van der Waals surface area contributed by atoms with Crippen LogP contribution in [0.2, 0.25) is 0 Å². The van der Waals surface area contributed by atoms with E-state index >= 15 is 0 Å². The molecule has 0 saturated carbocycles. The number of rotatable bonds is 5. The summed E-state index contributed by atoms with van der Waals surface area (Å²) in [6, 6.07) is 15.4. The van der Waals surface area contributed by atoms with E-state index in [1.165, 1.54) is 12.1 Å². The van der Waals surface area contributed by atoms with Crippen LogP contribution in [0.25, 0.3) is 6.08 Å². The minimum absolute atomic E-state index is 0.202. The van der Waals surface area contributed by atoms with Crippen molar-refractivity contribution in [3.05, 3.63) is 99.8 Å². The third-order valence-corrected chi connectivity index (χ3v) is 7.92. The number of halogens is 5. The van der Waals surface area contributed by atoms with Gasteiger partial charge in [0, 0.05) is 13.6 Å². The number of cyclic esters (lactones) is 1. The Balaban J connectivity index is 1.55. The predicted molar refractivity (Wildman–Crippen MR) is 140 cm³/mol. The number of carbonyl (C=O) groups excluding carboxylic acids is 1. The monoisotopic (exact) mass is 733 g/mol. The van der Waals surface area contributed by atoms with Gasteiger partial charge < -0.3 is 9.47 Å². The van der Waals surface area contributed by atoms with E-state index in [1.807, 2.05) is 30.3 Å². The Morgan fingerprint density at radius 3 is 2.34 bits per heavy atom. The van der Waals surface area contributed by atoms with Crippen molar-refractivity contribution in [3.8, 4) is 5.75 Å². The maximum Gasteiger partial charge on any atom is 0.363 e. The fourth-order valence-electron chi connectivity index (χ4n) is 2.86. The highest BCUT2D eigenvalue weighted by atomic mass is 127. The third kappa shape index (κ3) is 5.49. The van der Waals surface area contributed by atoms with Gasteiger partial charge in [0.1, 0.15) is 18.2 Å². The molecule has 0 aromatic heterocycles. The van der Waals surface area contributed by atoms with Crippen LogP contribution in [0.5, 0.6) is 5.75 Å². The van der Waals surface area contributed by atoms with Crippen LogP contribution in [0.4, 0.5) is 4.39 Å². The molecule has 0 bridgehead atoms. The summed E-state index contributed by atoms with van der Waals surface area (Å²) in [4.78, 5) is 16.7. The minimum Gasteiger partial charge on any atom is -0.487 e. The van der Waals surface area contributed by atoms with Crippen molar-refractivity contribution in [1.29, 1.82) is 0 Å².